The summed E-state index contributed by atoms with van der Waals surface area (Å²) in [5.74, 6) is -0.441. The van der Waals surface area contributed by atoms with Crippen molar-refractivity contribution >= 4 is 37.9 Å². The molecule has 29 heavy (non-hydrogen) atoms. The fourth-order valence-corrected chi connectivity index (χ4v) is 4.74. The number of aromatic nitrogens is 3. The topological polar surface area (TPSA) is 69.4 Å². The fourth-order valence-electron chi connectivity index (χ4n) is 3.89. The maximum absolute atomic E-state index is 14.9. The normalized spacial score (nSPS) is 14.2. The average molecular weight is 462 g/mol. The second-order valence-corrected chi connectivity index (χ2v) is 7.53. The molecular formula is C20H15BrF3N5. The number of aromatic amines is 1. The summed E-state index contributed by atoms with van der Waals surface area (Å²) in [5.41, 5.74) is -0.785. The quantitative estimate of drug-likeness (QED) is 0.453. The zero-order valence-electron chi connectivity index (χ0n) is 15.4. The van der Waals surface area contributed by atoms with Crippen molar-refractivity contribution < 1.29 is 13.2 Å². The minimum Gasteiger partial charge on any atom is -0.361 e. The predicted molar refractivity (Wildman–Crippen MR) is 107 cm³/mol. The van der Waals surface area contributed by atoms with Gasteiger partial charge in [-0.05, 0) is 43.8 Å². The van der Waals surface area contributed by atoms with Crippen LogP contribution in [0.15, 0.2) is 47.1 Å². The van der Waals surface area contributed by atoms with E-state index in [1.807, 2.05) is 13.1 Å². The van der Waals surface area contributed by atoms with Crippen LogP contribution in [0, 0.1) is 18.4 Å². The molecule has 148 valence electrons. The molecule has 0 radical (unpaired) electrons. The Morgan fingerprint density at radius 3 is 2.62 bits per heavy atom. The highest BCUT2D eigenvalue weighted by atomic mass is 79.9. The molecule has 2 aromatic carbocycles. The predicted octanol–water partition coefficient (Wildman–Crippen LogP) is 4.94. The number of fused-ring (bicyclic) bond motifs is 2. The minimum absolute atomic E-state index is 0.0545. The first-order chi connectivity index (χ1) is 13.8. The Bertz CT molecular complexity index is 1280. The number of para-hydroxylation sites is 2. The molecule has 5 nitrogen and oxygen atoms in total. The number of nitriles is 1. The minimum atomic E-state index is -4.81. The van der Waals surface area contributed by atoms with Gasteiger partial charge < -0.3 is 4.98 Å². The summed E-state index contributed by atoms with van der Waals surface area (Å²) in [5, 5.41) is 12.6. The SMILES string of the molecule is CNC(c1c(Br)cc(C)c2[nH]ccc12)(c1nc2ccccc2n1C#N)C(F)(F)F. The van der Waals surface area contributed by atoms with Gasteiger partial charge in [-0.2, -0.15) is 18.4 Å². The largest absolute Gasteiger partial charge is 0.418 e. The lowest BCUT2D eigenvalue weighted by Gasteiger charge is -2.36. The zero-order chi connectivity index (χ0) is 21.0. The van der Waals surface area contributed by atoms with Crippen LogP contribution in [-0.2, 0) is 5.54 Å². The number of nitrogens with one attached hydrogen (secondary N) is 2. The van der Waals surface area contributed by atoms with E-state index in [0.29, 0.717) is 21.9 Å². The van der Waals surface area contributed by atoms with E-state index in [9.17, 15) is 18.4 Å². The Balaban J connectivity index is 2.22. The highest BCUT2D eigenvalue weighted by molar-refractivity contribution is 9.10. The lowest BCUT2D eigenvalue weighted by molar-refractivity contribution is -0.188. The number of benzene rings is 2. The Kier molecular flexibility index (Phi) is 4.44. The molecule has 1 unspecified atom stereocenters. The van der Waals surface area contributed by atoms with Gasteiger partial charge >= 0.3 is 6.18 Å². The molecule has 0 aliphatic rings. The standard InChI is InChI=1S/C20H15BrF3N5/c1-11-9-13(21)16(12-7-8-27-17(11)12)19(26-2,20(22,23)24)18-28-14-5-3-4-6-15(14)29(18)10-25/h3-9,26-27H,1-2H3. The summed E-state index contributed by atoms with van der Waals surface area (Å²) in [4.78, 5) is 7.25. The highest BCUT2D eigenvalue weighted by Gasteiger charge is 2.61. The number of rotatable bonds is 3. The summed E-state index contributed by atoms with van der Waals surface area (Å²) in [7, 11) is 1.22. The van der Waals surface area contributed by atoms with E-state index < -0.39 is 17.5 Å². The molecule has 2 aromatic heterocycles. The molecule has 0 aliphatic heterocycles. The van der Waals surface area contributed by atoms with E-state index in [2.05, 4.69) is 31.2 Å². The van der Waals surface area contributed by atoms with Gasteiger partial charge in [-0.25, -0.2) is 9.55 Å². The molecule has 0 saturated carbocycles. The van der Waals surface area contributed by atoms with E-state index in [-0.39, 0.29) is 10.0 Å². The second-order valence-electron chi connectivity index (χ2n) is 6.67. The van der Waals surface area contributed by atoms with Crippen molar-refractivity contribution in [3.63, 3.8) is 0 Å². The highest BCUT2D eigenvalue weighted by Crippen LogP contribution is 2.49. The van der Waals surface area contributed by atoms with Crippen LogP contribution in [0.1, 0.15) is 17.0 Å². The Morgan fingerprint density at radius 2 is 1.97 bits per heavy atom. The number of hydrogen-bond donors (Lipinski definition) is 2. The summed E-state index contributed by atoms with van der Waals surface area (Å²) in [6, 6.07) is 9.70. The van der Waals surface area contributed by atoms with Gasteiger partial charge in [0.15, 0.2) is 12.0 Å². The van der Waals surface area contributed by atoms with Crippen molar-refractivity contribution in [2.45, 2.75) is 18.6 Å². The van der Waals surface area contributed by atoms with Gasteiger partial charge in [0.05, 0.1) is 11.0 Å². The molecule has 1 atom stereocenters. The lowest BCUT2D eigenvalue weighted by Crippen LogP contribution is -2.55. The molecule has 0 aliphatic carbocycles. The van der Waals surface area contributed by atoms with Crippen molar-refractivity contribution in [2.24, 2.45) is 0 Å². The van der Waals surface area contributed by atoms with Gasteiger partial charge in [0.2, 0.25) is 5.54 Å². The summed E-state index contributed by atoms with van der Waals surface area (Å²) in [6.07, 6.45) is -1.35. The smallest absolute Gasteiger partial charge is 0.361 e. The molecule has 4 aromatic rings. The molecule has 9 heteroatoms. The van der Waals surface area contributed by atoms with E-state index in [0.717, 1.165) is 10.1 Å². The third-order valence-corrected chi connectivity index (χ3v) is 5.79. The maximum atomic E-state index is 14.9. The molecule has 0 bridgehead atoms. The Morgan fingerprint density at radius 1 is 1.24 bits per heavy atom. The van der Waals surface area contributed by atoms with Crippen molar-refractivity contribution in [3.8, 4) is 6.19 Å². The molecule has 0 spiro atoms. The van der Waals surface area contributed by atoms with E-state index >= 15 is 0 Å². The van der Waals surface area contributed by atoms with Gasteiger partial charge in [-0.1, -0.05) is 28.1 Å². The van der Waals surface area contributed by atoms with Crippen LogP contribution in [0.2, 0.25) is 0 Å². The molecule has 2 N–H and O–H groups in total. The summed E-state index contributed by atoms with van der Waals surface area (Å²) < 4.78 is 45.8. The number of imidazole rings is 1. The third kappa shape index (κ3) is 2.59. The number of aryl methyl sites for hydroxylation is 1. The molecule has 2 heterocycles. The maximum Gasteiger partial charge on any atom is 0.418 e. The van der Waals surface area contributed by atoms with Gasteiger partial charge in [0, 0.05) is 27.1 Å². The van der Waals surface area contributed by atoms with Crippen molar-refractivity contribution in [1.29, 1.82) is 5.26 Å². The van der Waals surface area contributed by atoms with Gasteiger partial charge in [-0.15, -0.1) is 0 Å². The van der Waals surface area contributed by atoms with Crippen LogP contribution < -0.4 is 5.32 Å². The first kappa shape index (κ1) is 19.5. The van der Waals surface area contributed by atoms with Crippen LogP contribution in [0.5, 0.6) is 0 Å². The fraction of sp³-hybridized carbons (Fsp3) is 0.200. The Hall–Kier alpha value is -2.83. The monoisotopic (exact) mass is 461 g/mol. The van der Waals surface area contributed by atoms with E-state index in [4.69, 9.17) is 0 Å². The van der Waals surface area contributed by atoms with Crippen molar-refractivity contribution in [3.05, 3.63) is 64.0 Å². The lowest BCUT2D eigenvalue weighted by atomic mass is 9.85. The van der Waals surface area contributed by atoms with Crippen LogP contribution in [-0.4, -0.2) is 27.8 Å². The van der Waals surface area contributed by atoms with Crippen LogP contribution >= 0.6 is 15.9 Å². The van der Waals surface area contributed by atoms with Gasteiger partial charge in [0.1, 0.15) is 0 Å². The number of hydrogen-bond acceptors (Lipinski definition) is 3. The number of alkyl halides is 3. The summed E-state index contributed by atoms with van der Waals surface area (Å²) in [6.45, 7) is 1.81. The van der Waals surface area contributed by atoms with Crippen LogP contribution in [0.3, 0.4) is 0 Å². The first-order valence-electron chi connectivity index (χ1n) is 8.66. The molecular weight excluding hydrogens is 447 g/mol. The molecule has 0 fully saturated rings. The van der Waals surface area contributed by atoms with E-state index in [1.165, 1.54) is 7.05 Å². The zero-order valence-corrected chi connectivity index (χ0v) is 17.0. The number of halogens is 4. The van der Waals surface area contributed by atoms with Crippen molar-refractivity contribution in [2.75, 3.05) is 7.05 Å². The third-order valence-electron chi connectivity index (χ3n) is 5.16. The molecule has 4 rings (SSSR count). The number of H-pyrrole nitrogens is 1. The number of nitrogens with zero attached hydrogens (tertiary/aromatic N) is 3. The van der Waals surface area contributed by atoms with Crippen LogP contribution in [0.25, 0.3) is 21.9 Å². The first-order valence-corrected chi connectivity index (χ1v) is 9.46. The molecule has 0 amide bonds. The molecule has 0 saturated heterocycles. The Labute approximate surface area is 172 Å². The van der Waals surface area contributed by atoms with Crippen molar-refractivity contribution in [1.82, 2.24) is 19.9 Å². The summed E-state index contributed by atoms with van der Waals surface area (Å²) >= 11 is 3.34. The van der Waals surface area contributed by atoms with Gasteiger partial charge in [0.25, 0.3) is 0 Å². The average Bonchev–Trinajstić information content (AvgIpc) is 3.28. The van der Waals surface area contributed by atoms with Crippen LogP contribution in [0.4, 0.5) is 13.2 Å². The second kappa shape index (κ2) is 6.61. The van der Waals surface area contributed by atoms with Gasteiger partial charge in [-0.3, -0.25) is 5.32 Å². The van der Waals surface area contributed by atoms with E-state index in [1.54, 1.807) is 42.6 Å².